The maximum atomic E-state index is 12.5. The van der Waals surface area contributed by atoms with Gasteiger partial charge in [-0.1, -0.05) is 15.9 Å². The Balaban J connectivity index is 2.58. The Morgan fingerprint density at radius 3 is 2.67 bits per heavy atom. The predicted octanol–water partition coefficient (Wildman–Crippen LogP) is 2.55. The number of aromatic nitrogens is 1. The standard InChI is InChI=1S/C13H12BrN3O/c1-7-4-5-17-13(16)11(7)12(18)9-6-8(15)2-3-10(9)14/h2-6H,15H2,1H3,(H2,16,17). The molecular formula is C13H12BrN3O. The zero-order valence-corrected chi connectivity index (χ0v) is 11.4. The molecule has 0 radical (unpaired) electrons. The Kier molecular flexibility index (Phi) is 3.34. The van der Waals surface area contributed by atoms with E-state index < -0.39 is 0 Å². The van der Waals surface area contributed by atoms with Crippen LogP contribution in [0.15, 0.2) is 34.9 Å². The molecule has 5 heteroatoms. The van der Waals surface area contributed by atoms with Crippen molar-refractivity contribution in [2.75, 3.05) is 11.5 Å². The third-order valence-electron chi connectivity index (χ3n) is 2.65. The molecule has 0 aliphatic rings. The smallest absolute Gasteiger partial charge is 0.198 e. The second-order valence-electron chi connectivity index (χ2n) is 3.96. The van der Waals surface area contributed by atoms with E-state index in [0.29, 0.717) is 21.3 Å². The highest BCUT2D eigenvalue weighted by Gasteiger charge is 2.18. The Labute approximate surface area is 113 Å². The lowest BCUT2D eigenvalue weighted by Gasteiger charge is -2.09. The number of benzene rings is 1. The van der Waals surface area contributed by atoms with Gasteiger partial charge >= 0.3 is 0 Å². The summed E-state index contributed by atoms with van der Waals surface area (Å²) in [6.45, 7) is 1.82. The zero-order valence-electron chi connectivity index (χ0n) is 9.77. The number of anilines is 2. The van der Waals surface area contributed by atoms with E-state index in [1.165, 1.54) is 0 Å². The summed E-state index contributed by atoms with van der Waals surface area (Å²) in [5.74, 6) is 0.0478. The molecule has 2 rings (SSSR count). The summed E-state index contributed by atoms with van der Waals surface area (Å²) in [7, 11) is 0. The Morgan fingerprint density at radius 2 is 2.00 bits per heavy atom. The molecule has 0 spiro atoms. The summed E-state index contributed by atoms with van der Waals surface area (Å²) in [6, 6.07) is 6.84. The van der Waals surface area contributed by atoms with Gasteiger partial charge < -0.3 is 11.5 Å². The molecule has 0 unspecified atom stereocenters. The van der Waals surface area contributed by atoms with Crippen molar-refractivity contribution < 1.29 is 4.79 Å². The van der Waals surface area contributed by atoms with Crippen LogP contribution in [0.25, 0.3) is 0 Å². The minimum absolute atomic E-state index is 0.183. The summed E-state index contributed by atoms with van der Waals surface area (Å²) in [4.78, 5) is 16.4. The first-order chi connectivity index (χ1) is 8.50. The summed E-state index contributed by atoms with van der Waals surface area (Å²) < 4.78 is 0.685. The van der Waals surface area contributed by atoms with Gasteiger partial charge in [0.1, 0.15) is 5.82 Å². The lowest BCUT2D eigenvalue weighted by molar-refractivity contribution is 0.103. The largest absolute Gasteiger partial charge is 0.399 e. The summed E-state index contributed by atoms with van der Waals surface area (Å²) in [6.07, 6.45) is 1.58. The van der Waals surface area contributed by atoms with E-state index in [4.69, 9.17) is 11.5 Å². The molecule has 0 saturated heterocycles. The number of aryl methyl sites for hydroxylation is 1. The molecule has 0 atom stereocenters. The number of nitrogens with zero attached hydrogens (tertiary/aromatic N) is 1. The molecule has 92 valence electrons. The number of pyridine rings is 1. The van der Waals surface area contributed by atoms with Crippen LogP contribution >= 0.6 is 15.9 Å². The number of hydrogen-bond acceptors (Lipinski definition) is 4. The first kappa shape index (κ1) is 12.6. The van der Waals surface area contributed by atoms with Gasteiger partial charge in [0.25, 0.3) is 0 Å². The molecule has 4 N–H and O–H groups in total. The molecule has 0 fully saturated rings. The summed E-state index contributed by atoms with van der Waals surface area (Å²) >= 11 is 3.34. The van der Waals surface area contributed by atoms with E-state index >= 15 is 0 Å². The normalized spacial score (nSPS) is 10.3. The maximum absolute atomic E-state index is 12.5. The number of rotatable bonds is 2. The number of carbonyl (C=O) groups is 1. The Bertz CT molecular complexity index is 605. The number of nitrogens with two attached hydrogens (primary N) is 2. The molecule has 0 aliphatic carbocycles. The minimum atomic E-state index is -0.183. The fourth-order valence-electron chi connectivity index (χ4n) is 1.73. The molecule has 4 nitrogen and oxygen atoms in total. The first-order valence-corrected chi connectivity index (χ1v) is 6.11. The van der Waals surface area contributed by atoms with Crippen LogP contribution in [0, 0.1) is 6.92 Å². The summed E-state index contributed by atoms with van der Waals surface area (Å²) in [5.41, 5.74) is 13.7. The average molecular weight is 306 g/mol. The van der Waals surface area contributed by atoms with Crippen molar-refractivity contribution in [3.8, 4) is 0 Å². The minimum Gasteiger partial charge on any atom is -0.399 e. The molecule has 1 heterocycles. The highest BCUT2D eigenvalue weighted by Crippen LogP contribution is 2.25. The van der Waals surface area contributed by atoms with Crippen LogP contribution < -0.4 is 11.5 Å². The van der Waals surface area contributed by atoms with E-state index in [0.717, 1.165) is 5.56 Å². The van der Waals surface area contributed by atoms with E-state index in [1.807, 2.05) is 6.92 Å². The van der Waals surface area contributed by atoms with Gasteiger partial charge in [-0.15, -0.1) is 0 Å². The second-order valence-corrected chi connectivity index (χ2v) is 4.81. The van der Waals surface area contributed by atoms with Gasteiger partial charge in [0.15, 0.2) is 5.78 Å². The molecule has 0 amide bonds. The number of nitrogen functional groups attached to an aromatic ring is 2. The van der Waals surface area contributed by atoms with E-state index in [9.17, 15) is 4.79 Å². The van der Waals surface area contributed by atoms with Gasteiger partial charge in [0.2, 0.25) is 0 Å². The van der Waals surface area contributed by atoms with Crippen molar-refractivity contribution in [2.45, 2.75) is 6.92 Å². The van der Waals surface area contributed by atoms with Crippen LogP contribution in [0.5, 0.6) is 0 Å². The molecular weight excluding hydrogens is 294 g/mol. The lowest BCUT2D eigenvalue weighted by atomic mass is 10.00. The molecule has 2 aromatic rings. The third kappa shape index (κ3) is 2.22. The first-order valence-electron chi connectivity index (χ1n) is 5.31. The zero-order chi connectivity index (χ0) is 13.3. The van der Waals surface area contributed by atoms with Gasteiger partial charge in [0, 0.05) is 21.9 Å². The van der Waals surface area contributed by atoms with E-state index in [1.54, 1.807) is 30.5 Å². The van der Waals surface area contributed by atoms with Gasteiger partial charge in [-0.05, 0) is 36.8 Å². The third-order valence-corrected chi connectivity index (χ3v) is 3.34. The van der Waals surface area contributed by atoms with Crippen molar-refractivity contribution in [1.82, 2.24) is 4.98 Å². The summed E-state index contributed by atoms with van der Waals surface area (Å²) in [5, 5.41) is 0. The highest BCUT2D eigenvalue weighted by molar-refractivity contribution is 9.10. The SMILES string of the molecule is Cc1ccnc(N)c1C(=O)c1cc(N)ccc1Br. The van der Waals surface area contributed by atoms with Gasteiger partial charge in [-0.25, -0.2) is 4.98 Å². The number of halogens is 1. The van der Waals surface area contributed by atoms with Crippen molar-refractivity contribution in [3.05, 3.63) is 51.6 Å². The van der Waals surface area contributed by atoms with Crippen LogP contribution in [0.2, 0.25) is 0 Å². The van der Waals surface area contributed by atoms with Gasteiger partial charge in [-0.3, -0.25) is 4.79 Å². The number of hydrogen-bond donors (Lipinski definition) is 2. The van der Waals surface area contributed by atoms with Crippen molar-refractivity contribution in [1.29, 1.82) is 0 Å². The predicted molar refractivity (Wildman–Crippen MR) is 75.4 cm³/mol. The van der Waals surface area contributed by atoms with E-state index in [2.05, 4.69) is 20.9 Å². The number of carbonyl (C=O) groups excluding carboxylic acids is 1. The quantitative estimate of drug-likeness (QED) is 0.660. The Morgan fingerprint density at radius 1 is 1.28 bits per heavy atom. The molecule has 1 aromatic heterocycles. The fraction of sp³-hybridized carbons (Fsp3) is 0.0769. The van der Waals surface area contributed by atoms with Crippen LogP contribution in [0.3, 0.4) is 0 Å². The second kappa shape index (κ2) is 4.78. The van der Waals surface area contributed by atoms with Crippen LogP contribution in [0.1, 0.15) is 21.5 Å². The van der Waals surface area contributed by atoms with Gasteiger partial charge in [0.05, 0.1) is 5.56 Å². The molecule has 0 saturated carbocycles. The van der Waals surface area contributed by atoms with Crippen molar-refractivity contribution in [2.24, 2.45) is 0 Å². The van der Waals surface area contributed by atoms with Crippen LogP contribution in [-0.4, -0.2) is 10.8 Å². The van der Waals surface area contributed by atoms with Crippen LogP contribution in [-0.2, 0) is 0 Å². The van der Waals surface area contributed by atoms with Crippen molar-refractivity contribution in [3.63, 3.8) is 0 Å². The maximum Gasteiger partial charge on any atom is 0.198 e. The van der Waals surface area contributed by atoms with Gasteiger partial charge in [-0.2, -0.15) is 0 Å². The molecule has 1 aromatic carbocycles. The number of ketones is 1. The monoisotopic (exact) mass is 305 g/mol. The molecule has 0 bridgehead atoms. The Hall–Kier alpha value is -1.88. The van der Waals surface area contributed by atoms with Crippen LogP contribution in [0.4, 0.5) is 11.5 Å². The average Bonchev–Trinajstić information content (AvgIpc) is 2.32. The highest BCUT2D eigenvalue weighted by atomic mass is 79.9. The topological polar surface area (TPSA) is 82.0 Å². The lowest BCUT2D eigenvalue weighted by Crippen LogP contribution is -2.10. The molecule has 18 heavy (non-hydrogen) atoms. The van der Waals surface area contributed by atoms with E-state index in [-0.39, 0.29) is 11.6 Å². The fourth-order valence-corrected chi connectivity index (χ4v) is 2.15. The molecule has 0 aliphatic heterocycles. The van der Waals surface area contributed by atoms with Crippen molar-refractivity contribution >= 4 is 33.2 Å².